The maximum absolute atomic E-state index is 5.51. The van der Waals surface area contributed by atoms with Gasteiger partial charge in [0.2, 0.25) is 17.8 Å². The summed E-state index contributed by atoms with van der Waals surface area (Å²) in [7, 11) is 0. The number of benzene rings is 2. The minimum atomic E-state index is 0.457. The summed E-state index contributed by atoms with van der Waals surface area (Å²) in [5.41, 5.74) is 1.72. The highest BCUT2D eigenvalue weighted by Gasteiger charge is 2.17. The number of nitrogens with zero attached hydrogens (tertiary/aromatic N) is 4. The second-order valence-electron chi connectivity index (χ2n) is 7.05. The SMILES string of the molecule is CCOc1ccc(Nc2nc(Nc3ccc(OCC)cc3)nc(N3CCOCC3)n2)cc1. The van der Waals surface area contributed by atoms with Gasteiger partial charge in [0.15, 0.2) is 0 Å². The number of hydrogen-bond acceptors (Lipinski definition) is 9. The van der Waals surface area contributed by atoms with Crippen molar-refractivity contribution < 1.29 is 14.2 Å². The van der Waals surface area contributed by atoms with Gasteiger partial charge in [-0.25, -0.2) is 0 Å². The van der Waals surface area contributed by atoms with Crippen LogP contribution < -0.4 is 25.0 Å². The molecule has 2 aromatic carbocycles. The van der Waals surface area contributed by atoms with Crippen LogP contribution in [-0.4, -0.2) is 54.5 Å². The lowest BCUT2D eigenvalue weighted by atomic mass is 10.3. The zero-order chi connectivity index (χ0) is 22.2. The van der Waals surface area contributed by atoms with Crippen LogP contribution in [0.3, 0.4) is 0 Å². The molecule has 0 saturated carbocycles. The summed E-state index contributed by atoms with van der Waals surface area (Å²) in [6.45, 7) is 7.94. The van der Waals surface area contributed by atoms with Crippen molar-refractivity contribution in [3.63, 3.8) is 0 Å². The quantitative estimate of drug-likeness (QED) is 0.516. The minimum Gasteiger partial charge on any atom is -0.494 e. The molecule has 2 N–H and O–H groups in total. The Kier molecular flexibility index (Phi) is 7.19. The first-order chi connectivity index (χ1) is 15.7. The van der Waals surface area contributed by atoms with E-state index in [2.05, 4.69) is 30.5 Å². The van der Waals surface area contributed by atoms with Crippen molar-refractivity contribution in [3.8, 4) is 11.5 Å². The second kappa shape index (κ2) is 10.6. The fourth-order valence-electron chi connectivity index (χ4n) is 3.24. The number of anilines is 5. The molecular formula is C23H28N6O3. The molecule has 3 aromatic rings. The lowest BCUT2D eigenvalue weighted by Crippen LogP contribution is -2.37. The lowest BCUT2D eigenvalue weighted by Gasteiger charge is -2.27. The molecular weight excluding hydrogens is 408 g/mol. The van der Waals surface area contributed by atoms with E-state index in [1.54, 1.807) is 0 Å². The number of hydrogen-bond donors (Lipinski definition) is 2. The molecule has 1 aliphatic rings. The van der Waals surface area contributed by atoms with Crippen LogP contribution in [0.4, 0.5) is 29.2 Å². The van der Waals surface area contributed by atoms with Crippen molar-refractivity contribution in [2.75, 3.05) is 55.1 Å². The Labute approximate surface area is 187 Å². The first kappa shape index (κ1) is 21.6. The number of ether oxygens (including phenoxy) is 3. The van der Waals surface area contributed by atoms with Gasteiger partial charge >= 0.3 is 0 Å². The van der Waals surface area contributed by atoms with Crippen molar-refractivity contribution >= 4 is 29.2 Å². The Bertz CT molecular complexity index is 922. The number of nitrogens with one attached hydrogen (secondary N) is 2. The van der Waals surface area contributed by atoms with Gasteiger partial charge in [0, 0.05) is 24.5 Å². The van der Waals surface area contributed by atoms with E-state index in [1.165, 1.54) is 0 Å². The van der Waals surface area contributed by atoms with Crippen LogP contribution in [0.15, 0.2) is 48.5 Å². The van der Waals surface area contributed by atoms with E-state index < -0.39 is 0 Å². The smallest absolute Gasteiger partial charge is 0.233 e. The maximum atomic E-state index is 5.51. The number of morpholine rings is 1. The Hall–Kier alpha value is -3.59. The molecule has 1 fully saturated rings. The molecule has 0 unspecified atom stereocenters. The van der Waals surface area contributed by atoms with E-state index in [9.17, 15) is 0 Å². The van der Waals surface area contributed by atoms with E-state index in [0.717, 1.165) is 36.0 Å². The van der Waals surface area contributed by atoms with Crippen molar-refractivity contribution in [1.82, 2.24) is 15.0 Å². The molecule has 0 radical (unpaired) electrons. The van der Waals surface area contributed by atoms with Gasteiger partial charge in [-0.15, -0.1) is 0 Å². The zero-order valence-electron chi connectivity index (χ0n) is 18.4. The molecule has 1 aromatic heterocycles. The average Bonchev–Trinajstić information content (AvgIpc) is 2.82. The fraction of sp³-hybridized carbons (Fsp3) is 0.348. The van der Waals surface area contributed by atoms with Crippen LogP contribution in [0, 0.1) is 0 Å². The molecule has 0 aliphatic carbocycles. The molecule has 1 saturated heterocycles. The van der Waals surface area contributed by atoms with Gasteiger partial charge in [0.05, 0.1) is 26.4 Å². The topological polar surface area (TPSA) is 93.7 Å². The zero-order valence-corrected chi connectivity index (χ0v) is 18.4. The highest BCUT2D eigenvalue weighted by molar-refractivity contribution is 5.60. The molecule has 0 amide bonds. The van der Waals surface area contributed by atoms with E-state index in [4.69, 9.17) is 14.2 Å². The molecule has 0 spiro atoms. The maximum Gasteiger partial charge on any atom is 0.233 e. The van der Waals surface area contributed by atoms with Crippen LogP contribution in [0.5, 0.6) is 11.5 Å². The summed E-state index contributed by atoms with van der Waals surface area (Å²) in [6, 6.07) is 15.4. The largest absolute Gasteiger partial charge is 0.494 e. The highest BCUT2D eigenvalue weighted by atomic mass is 16.5. The van der Waals surface area contributed by atoms with Crippen molar-refractivity contribution in [2.24, 2.45) is 0 Å². The molecule has 168 valence electrons. The van der Waals surface area contributed by atoms with Crippen LogP contribution >= 0.6 is 0 Å². The minimum absolute atomic E-state index is 0.457. The van der Waals surface area contributed by atoms with Crippen molar-refractivity contribution in [3.05, 3.63) is 48.5 Å². The van der Waals surface area contributed by atoms with E-state index in [1.807, 2.05) is 62.4 Å². The van der Waals surface area contributed by atoms with Gasteiger partial charge in [-0.3, -0.25) is 0 Å². The number of aromatic nitrogens is 3. The molecule has 9 nitrogen and oxygen atoms in total. The molecule has 2 heterocycles. The van der Waals surface area contributed by atoms with E-state index in [-0.39, 0.29) is 0 Å². The van der Waals surface area contributed by atoms with Crippen LogP contribution in [0.25, 0.3) is 0 Å². The third-order valence-corrected chi connectivity index (χ3v) is 4.76. The predicted molar refractivity (Wildman–Crippen MR) is 125 cm³/mol. The normalized spacial score (nSPS) is 13.5. The summed E-state index contributed by atoms with van der Waals surface area (Å²) in [6.07, 6.45) is 0. The molecule has 1 aliphatic heterocycles. The summed E-state index contributed by atoms with van der Waals surface area (Å²) in [5.74, 6) is 3.16. The van der Waals surface area contributed by atoms with E-state index in [0.29, 0.717) is 44.3 Å². The van der Waals surface area contributed by atoms with Crippen molar-refractivity contribution in [2.45, 2.75) is 13.8 Å². The number of rotatable bonds is 9. The second-order valence-corrected chi connectivity index (χ2v) is 7.05. The Morgan fingerprint density at radius 2 is 1.22 bits per heavy atom. The third kappa shape index (κ3) is 5.76. The summed E-state index contributed by atoms with van der Waals surface area (Å²) >= 11 is 0. The molecule has 9 heteroatoms. The summed E-state index contributed by atoms with van der Waals surface area (Å²) in [5, 5.41) is 6.54. The standard InChI is InChI=1S/C23H28N6O3/c1-3-31-19-9-5-17(6-10-19)24-21-26-22(25-18-7-11-20(12-8-18)32-4-2)28-23(27-21)29-13-15-30-16-14-29/h5-12H,3-4,13-16H2,1-2H3,(H2,24,25,26,27,28). The van der Waals surface area contributed by atoms with Gasteiger partial charge in [0.25, 0.3) is 0 Å². The summed E-state index contributed by atoms with van der Waals surface area (Å²) < 4.78 is 16.5. The van der Waals surface area contributed by atoms with Crippen LogP contribution in [0.1, 0.15) is 13.8 Å². The molecule has 0 bridgehead atoms. The van der Waals surface area contributed by atoms with Crippen molar-refractivity contribution in [1.29, 1.82) is 0 Å². The highest BCUT2D eigenvalue weighted by Crippen LogP contribution is 2.23. The molecule has 4 rings (SSSR count). The summed E-state index contributed by atoms with van der Waals surface area (Å²) in [4.78, 5) is 15.9. The van der Waals surface area contributed by atoms with Gasteiger partial charge in [-0.1, -0.05) is 0 Å². The monoisotopic (exact) mass is 436 g/mol. The Morgan fingerprint density at radius 3 is 1.66 bits per heavy atom. The van der Waals surface area contributed by atoms with Gasteiger partial charge in [-0.05, 0) is 62.4 Å². The third-order valence-electron chi connectivity index (χ3n) is 4.76. The predicted octanol–water partition coefficient (Wildman–Crippen LogP) is 3.99. The Morgan fingerprint density at radius 1 is 0.750 bits per heavy atom. The molecule has 32 heavy (non-hydrogen) atoms. The van der Waals surface area contributed by atoms with Crippen LogP contribution in [0.2, 0.25) is 0 Å². The van der Waals surface area contributed by atoms with E-state index >= 15 is 0 Å². The van der Waals surface area contributed by atoms with Crippen LogP contribution in [-0.2, 0) is 4.74 Å². The first-order valence-electron chi connectivity index (χ1n) is 10.8. The van der Waals surface area contributed by atoms with Gasteiger partial charge in [0.1, 0.15) is 11.5 Å². The first-order valence-corrected chi connectivity index (χ1v) is 10.8. The average molecular weight is 437 g/mol. The molecule has 0 atom stereocenters. The Balaban J connectivity index is 1.57. The van der Waals surface area contributed by atoms with Gasteiger partial charge < -0.3 is 29.7 Å². The lowest BCUT2D eigenvalue weighted by molar-refractivity contribution is 0.122. The van der Waals surface area contributed by atoms with Gasteiger partial charge in [-0.2, -0.15) is 15.0 Å². The fourth-order valence-corrected chi connectivity index (χ4v) is 3.24.